The summed E-state index contributed by atoms with van der Waals surface area (Å²) >= 11 is 0. The summed E-state index contributed by atoms with van der Waals surface area (Å²) in [5.41, 5.74) is 3.72. The molecule has 0 unspecified atom stereocenters. The molecule has 0 amide bonds. The lowest BCUT2D eigenvalue weighted by Crippen LogP contribution is -2.01. The number of aryl methyl sites for hydroxylation is 1. The standard InChI is InChI=1S/C16H16O3/c1-11-9-13(16(17)19-3)7-8-15(11)12-5-4-6-14(10-12)18-2/h4-10H,1-3H3. The van der Waals surface area contributed by atoms with Gasteiger partial charge in [0.05, 0.1) is 19.8 Å². The monoisotopic (exact) mass is 256 g/mol. The van der Waals surface area contributed by atoms with E-state index in [0.717, 1.165) is 22.4 Å². The van der Waals surface area contributed by atoms with Gasteiger partial charge in [-0.2, -0.15) is 0 Å². The molecular formula is C16H16O3. The first kappa shape index (κ1) is 13.1. The van der Waals surface area contributed by atoms with Crippen LogP contribution in [0.1, 0.15) is 15.9 Å². The van der Waals surface area contributed by atoms with E-state index in [1.807, 2.05) is 43.3 Å². The first-order chi connectivity index (χ1) is 9.15. The zero-order valence-electron chi connectivity index (χ0n) is 11.3. The quantitative estimate of drug-likeness (QED) is 0.789. The average Bonchev–Trinajstić information content (AvgIpc) is 2.46. The molecule has 2 aromatic rings. The van der Waals surface area contributed by atoms with Crippen molar-refractivity contribution in [2.75, 3.05) is 14.2 Å². The van der Waals surface area contributed by atoms with Gasteiger partial charge >= 0.3 is 5.97 Å². The van der Waals surface area contributed by atoms with Gasteiger partial charge in [-0.25, -0.2) is 4.79 Å². The highest BCUT2D eigenvalue weighted by Crippen LogP contribution is 2.27. The Kier molecular flexibility index (Phi) is 3.85. The topological polar surface area (TPSA) is 35.5 Å². The minimum absolute atomic E-state index is 0.319. The highest BCUT2D eigenvalue weighted by Gasteiger charge is 2.09. The number of esters is 1. The van der Waals surface area contributed by atoms with Crippen LogP contribution in [0.15, 0.2) is 42.5 Å². The Hall–Kier alpha value is -2.29. The van der Waals surface area contributed by atoms with E-state index in [2.05, 4.69) is 0 Å². The molecule has 2 aromatic carbocycles. The number of ether oxygens (including phenoxy) is 2. The van der Waals surface area contributed by atoms with Crippen molar-refractivity contribution in [2.45, 2.75) is 6.92 Å². The van der Waals surface area contributed by atoms with Crippen LogP contribution >= 0.6 is 0 Å². The van der Waals surface area contributed by atoms with E-state index >= 15 is 0 Å². The minimum atomic E-state index is -0.319. The van der Waals surface area contributed by atoms with E-state index in [1.54, 1.807) is 13.2 Å². The van der Waals surface area contributed by atoms with Crippen molar-refractivity contribution in [2.24, 2.45) is 0 Å². The van der Waals surface area contributed by atoms with Crippen LogP contribution in [0.3, 0.4) is 0 Å². The number of methoxy groups -OCH3 is 2. The molecule has 2 rings (SSSR count). The summed E-state index contributed by atoms with van der Waals surface area (Å²) in [7, 11) is 3.03. The summed E-state index contributed by atoms with van der Waals surface area (Å²) in [6.45, 7) is 1.97. The molecule has 0 bridgehead atoms. The second-order valence-corrected chi connectivity index (χ2v) is 4.25. The van der Waals surface area contributed by atoms with Crippen LogP contribution in [0.25, 0.3) is 11.1 Å². The average molecular weight is 256 g/mol. The van der Waals surface area contributed by atoms with Crippen LogP contribution in [0.4, 0.5) is 0 Å². The maximum Gasteiger partial charge on any atom is 0.337 e. The number of carbonyl (C=O) groups excluding carboxylic acids is 1. The normalized spacial score (nSPS) is 10.1. The van der Waals surface area contributed by atoms with Crippen molar-refractivity contribution in [3.8, 4) is 16.9 Å². The molecule has 0 saturated carbocycles. The lowest BCUT2D eigenvalue weighted by atomic mass is 9.98. The molecular weight excluding hydrogens is 240 g/mol. The first-order valence-corrected chi connectivity index (χ1v) is 5.99. The third kappa shape index (κ3) is 2.76. The fourth-order valence-electron chi connectivity index (χ4n) is 2.02. The molecule has 3 nitrogen and oxygen atoms in total. The largest absolute Gasteiger partial charge is 0.497 e. The van der Waals surface area contributed by atoms with Crippen LogP contribution in [-0.4, -0.2) is 20.2 Å². The molecule has 0 spiro atoms. The van der Waals surface area contributed by atoms with Crippen LogP contribution in [0.2, 0.25) is 0 Å². The Balaban J connectivity index is 2.42. The fraction of sp³-hybridized carbons (Fsp3) is 0.188. The van der Waals surface area contributed by atoms with E-state index in [1.165, 1.54) is 7.11 Å². The van der Waals surface area contributed by atoms with Gasteiger partial charge < -0.3 is 9.47 Å². The summed E-state index contributed by atoms with van der Waals surface area (Å²) in [5, 5.41) is 0. The molecule has 0 N–H and O–H groups in total. The molecule has 0 saturated heterocycles. The molecule has 0 aliphatic carbocycles. The lowest BCUT2D eigenvalue weighted by Gasteiger charge is -2.09. The smallest absolute Gasteiger partial charge is 0.337 e. The predicted molar refractivity (Wildman–Crippen MR) is 74.5 cm³/mol. The van der Waals surface area contributed by atoms with Gasteiger partial charge in [-0.3, -0.25) is 0 Å². The molecule has 98 valence electrons. The number of hydrogen-bond donors (Lipinski definition) is 0. The maximum absolute atomic E-state index is 11.5. The second kappa shape index (κ2) is 5.57. The minimum Gasteiger partial charge on any atom is -0.497 e. The zero-order chi connectivity index (χ0) is 13.8. The van der Waals surface area contributed by atoms with Gasteiger partial charge in [-0.15, -0.1) is 0 Å². The van der Waals surface area contributed by atoms with Crippen molar-refractivity contribution in [3.63, 3.8) is 0 Å². The van der Waals surface area contributed by atoms with Crippen LogP contribution in [-0.2, 0) is 4.74 Å². The zero-order valence-corrected chi connectivity index (χ0v) is 11.3. The molecule has 0 aromatic heterocycles. The van der Waals surface area contributed by atoms with E-state index in [0.29, 0.717) is 5.56 Å². The number of hydrogen-bond acceptors (Lipinski definition) is 3. The molecule has 0 aliphatic rings. The van der Waals surface area contributed by atoms with Crippen molar-refractivity contribution >= 4 is 5.97 Å². The van der Waals surface area contributed by atoms with Crippen molar-refractivity contribution in [1.82, 2.24) is 0 Å². The van der Waals surface area contributed by atoms with Gasteiger partial charge in [-0.1, -0.05) is 18.2 Å². The predicted octanol–water partition coefficient (Wildman–Crippen LogP) is 3.46. The van der Waals surface area contributed by atoms with Gasteiger partial charge in [0.25, 0.3) is 0 Å². The number of benzene rings is 2. The highest BCUT2D eigenvalue weighted by molar-refractivity contribution is 5.90. The Morgan fingerprint density at radius 3 is 2.47 bits per heavy atom. The molecule has 0 aliphatic heterocycles. The number of carbonyl (C=O) groups is 1. The van der Waals surface area contributed by atoms with E-state index < -0.39 is 0 Å². The third-order valence-corrected chi connectivity index (χ3v) is 3.03. The van der Waals surface area contributed by atoms with Gasteiger partial charge in [0.2, 0.25) is 0 Å². The van der Waals surface area contributed by atoms with Crippen LogP contribution in [0.5, 0.6) is 5.75 Å². The van der Waals surface area contributed by atoms with Crippen molar-refractivity contribution in [3.05, 3.63) is 53.6 Å². The Morgan fingerprint density at radius 1 is 1.05 bits per heavy atom. The van der Waals surface area contributed by atoms with Crippen molar-refractivity contribution < 1.29 is 14.3 Å². The summed E-state index contributed by atoms with van der Waals surface area (Å²) < 4.78 is 9.94. The van der Waals surface area contributed by atoms with Crippen molar-refractivity contribution in [1.29, 1.82) is 0 Å². The van der Waals surface area contributed by atoms with E-state index in [-0.39, 0.29) is 5.97 Å². The lowest BCUT2D eigenvalue weighted by molar-refractivity contribution is 0.0600. The first-order valence-electron chi connectivity index (χ1n) is 5.99. The molecule has 0 fully saturated rings. The van der Waals surface area contributed by atoms with Crippen LogP contribution < -0.4 is 4.74 Å². The highest BCUT2D eigenvalue weighted by atomic mass is 16.5. The molecule has 0 radical (unpaired) electrons. The molecule has 3 heteroatoms. The van der Waals surface area contributed by atoms with E-state index in [4.69, 9.17) is 9.47 Å². The molecule has 19 heavy (non-hydrogen) atoms. The summed E-state index contributed by atoms with van der Waals surface area (Å²) in [6.07, 6.45) is 0. The third-order valence-electron chi connectivity index (χ3n) is 3.03. The number of rotatable bonds is 3. The summed E-state index contributed by atoms with van der Waals surface area (Å²) in [4.78, 5) is 11.5. The summed E-state index contributed by atoms with van der Waals surface area (Å²) in [6, 6.07) is 13.4. The Morgan fingerprint density at radius 2 is 1.84 bits per heavy atom. The van der Waals surface area contributed by atoms with Gasteiger partial charge in [-0.05, 0) is 47.9 Å². The van der Waals surface area contributed by atoms with E-state index in [9.17, 15) is 4.79 Å². The SMILES string of the molecule is COC(=O)c1ccc(-c2cccc(OC)c2)c(C)c1. The van der Waals surface area contributed by atoms with Gasteiger partial charge in [0.1, 0.15) is 5.75 Å². The fourth-order valence-corrected chi connectivity index (χ4v) is 2.02. The Bertz CT molecular complexity index is 603. The van der Waals surface area contributed by atoms with Gasteiger partial charge in [0.15, 0.2) is 0 Å². The maximum atomic E-state index is 11.5. The molecule has 0 atom stereocenters. The Labute approximate surface area is 112 Å². The van der Waals surface area contributed by atoms with Gasteiger partial charge in [0, 0.05) is 0 Å². The molecule has 0 heterocycles. The summed E-state index contributed by atoms with van der Waals surface area (Å²) in [5.74, 6) is 0.495. The van der Waals surface area contributed by atoms with Crippen LogP contribution in [0, 0.1) is 6.92 Å². The second-order valence-electron chi connectivity index (χ2n) is 4.25.